The molecule has 0 heterocycles. The van der Waals surface area contributed by atoms with Gasteiger partial charge in [-0.2, -0.15) is 4.31 Å². The van der Waals surface area contributed by atoms with Crippen molar-refractivity contribution in [2.75, 3.05) is 18.4 Å². The van der Waals surface area contributed by atoms with Gasteiger partial charge in [-0.1, -0.05) is 30.1 Å². The van der Waals surface area contributed by atoms with E-state index in [1.165, 1.54) is 36.4 Å². The predicted octanol–water partition coefficient (Wildman–Crippen LogP) is 4.17. The van der Waals surface area contributed by atoms with Crippen LogP contribution in [0.3, 0.4) is 0 Å². The van der Waals surface area contributed by atoms with Crippen LogP contribution in [0.5, 0.6) is 0 Å². The molecule has 0 aliphatic heterocycles. The number of carbonyl (C=O) groups excluding carboxylic acids is 1. The smallest absolute Gasteiger partial charge is 0.243 e. The molecule has 0 aliphatic rings. The van der Waals surface area contributed by atoms with Crippen LogP contribution in [0.15, 0.2) is 47.4 Å². The molecule has 0 atom stereocenters. The zero-order valence-electron chi connectivity index (χ0n) is 13.9. The second-order valence-electron chi connectivity index (χ2n) is 5.46. The Morgan fingerprint density at radius 2 is 1.73 bits per heavy atom. The van der Waals surface area contributed by atoms with Crippen molar-refractivity contribution in [3.8, 4) is 0 Å². The van der Waals surface area contributed by atoms with Gasteiger partial charge in [0.2, 0.25) is 15.9 Å². The fourth-order valence-electron chi connectivity index (χ4n) is 2.23. The van der Waals surface area contributed by atoms with Crippen molar-refractivity contribution >= 4 is 44.8 Å². The topological polar surface area (TPSA) is 66.5 Å². The van der Waals surface area contributed by atoms with Crippen molar-refractivity contribution in [3.05, 3.63) is 58.3 Å². The number of nitrogens with one attached hydrogen (secondary N) is 1. The molecule has 1 amide bonds. The summed E-state index contributed by atoms with van der Waals surface area (Å²) in [6, 6.07) is 9.46. The second-order valence-corrected chi connectivity index (χ2v) is 8.28. The molecule has 2 aromatic carbocycles. The summed E-state index contributed by atoms with van der Waals surface area (Å²) < 4.78 is 40.3. The van der Waals surface area contributed by atoms with Gasteiger partial charge >= 0.3 is 0 Å². The summed E-state index contributed by atoms with van der Waals surface area (Å²) in [6.07, 6.45) is 0.509. The zero-order chi connectivity index (χ0) is 19.3. The van der Waals surface area contributed by atoms with Crippen LogP contribution in [0.25, 0.3) is 0 Å². The summed E-state index contributed by atoms with van der Waals surface area (Å²) in [7, 11) is -3.89. The molecule has 0 unspecified atom stereocenters. The van der Waals surface area contributed by atoms with Gasteiger partial charge in [0.1, 0.15) is 5.82 Å². The van der Waals surface area contributed by atoms with Gasteiger partial charge in [-0.05, 0) is 48.9 Å². The highest BCUT2D eigenvalue weighted by Crippen LogP contribution is 2.21. The fraction of sp³-hybridized carbons (Fsp3) is 0.235. The number of carbonyl (C=O) groups is 1. The van der Waals surface area contributed by atoms with Crippen molar-refractivity contribution < 1.29 is 17.6 Å². The number of anilines is 1. The van der Waals surface area contributed by atoms with Crippen LogP contribution in [0.2, 0.25) is 10.0 Å². The van der Waals surface area contributed by atoms with Crippen LogP contribution in [0.1, 0.15) is 13.3 Å². The number of hydrogen-bond acceptors (Lipinski definition) is 3. The standard InChI is InChI=1S/C17H17Cl2FN2O3S/c1-2-9-22(26(24,25)14-6-3-12(18)4-7-14)11-17(23)21-16-8-5-13(19)10-15(16)20/h3-8,10H,2,9,11H2,1H3,(H,21,23). The first-order valence-electron chi connectivity index (χ1n) is 7.74. The van der Waals surface area contributed by atoms with Gasteiger partial charge in [-0.25, -0.2) is 12.8 Å². The highest BCUT2D eigenvalue weighted by molar-refractivity contribution is 7.89. The number of hydrogen-bond donors (Lipinski definition) is 1. The normalized spacial score (nSPS) is 11.6. The van der Waals surface area contributed by atoms with E-state index in [4.69, 9.17) is 23.2 Å². The van der Waals surface area contributed by atoms with Gasteiger partial charge < -0.3 is 5.32 Å². The van der Waals surface area contributed by atoms with E-state index in [9.17, 15) is 17.6 Å². The molecule has 0 spiro atoms. The number of amides is 1. The van der Waals surface area contributed by atoms with Crippen molar-refractivity contribution in [2.24, 2.45) is 0 Å². The monoisotopic (exact) mass is 418 g/mol. The third-order valence-corrected chi connectivity index (χ3v) is 5.80. The highest BCUT2D eigenvalue weighted by Gasteiger charge is 2.26. The molecule has 140 valence electrons. The molecule has 0 aliphatic carbocycles. The van der Waals surface area contributed by atoms with Gasteiger partial charge in [0.25, 0.3) is 0 Å². The third-order valence-electron chi connectivity index (χ3n) is 3.45. The lowest BCUT2D eigenvalue weighted by atomic mass is 10.3. The number of rotatable bonds is 7. The number of sulfonamides is 1. The lowest BCUT2D eigenvalue weighted by molar-refractivity contribution is -0.116. The first-order chi connectivity index (χ1) is 12.2. The van der Waals surface area contributed by atoms with Crippen molar-refractivity contribution in [3.63, 3.8) is 0 Å². The van der Waals surface area contributed by atoms with E-state index >= 15 is 0 Å². The summed E-state index contributed by atoms with van der Waals surface area (Å²) in [4.78, 5) is 12.3. The van der Waals surface area contributed by atoms with Crippen molar-refractivity contribution in [1.29, 1.82) is 0 Å². The Morgan fingerprint density at radius 3 is 2.31 bits per heavy atom. The maximum atomic E-state index is 13.8. The third kappa shape index (κ3) is 5.17. The largest absolute Gasteiger partial charge is 0.322 e. The minimum absolute atomic E-state index is 0.0285. The molecular formula is C17H17Cl2FN2O3S. The van der Waals surface area contributed by atoms with Crippen molar-refractivity contribution in [1.82, 2.24) is 4.31 Å². The Bertz CT molecular complexity index is 889. The van der Waals surface area contributed by atoms with Crippen molar-refractivity contribution in [2.45, 2.75) is 18.2 Å². The van der Waals surface area contributed by atoms with Crippen LogP contribution in [0.4, 0.5) is 10.1 Å². The number of benzene rings is 2. The van der Waals surface area contributed by atoms with E-state index in [1.807, 2.05) is 0 Å². The van der Waals surface area contributed by atoms with Gasteiger partial charge in [-0.15, -0.1) is 0 Å². The first kappa shape index (κ1) is 20.6. The van der Waals surface area contributed by atoms with Gasteiger partial charge in [0.15, 0.2) is 0 Å². The maximum Gasteiger partial charge on any atom is 0.243 e. The van der Waals surface area contributed by atoms with E-state index < -0.39 is 28.3 Å². The molecule has 0 bridgehead atoms. The van der Waals surface area contributed by atoms with E-state index in [0.717, 1.165) is 10.4 Å². The number of nitrogens with zero attached hydrogens (tertiary/aromatic N) is 1. The predicted molar refractivity (Wildman–Crippen MR) is 101 cm³/mol. The molecule has 0 fully saturated rings. The Kier molecular flexibility index (Phi) is 7.00. The molecule has 0 radical (unpaired) electrons. The lowest BCUT2D eigenvalue weighted by Crippen LogP contribution is -2.38. The fourth-order valence-corrected chi connectivity index (χ4v) is 4.00. The Balaban J connectivity index is 2.18. The molecule has 0 saturated carbocycles. The SMILES string of the molecule is CCCN(CC(=O)Nc1ccc(Cl)cc1F)S(=O)(=O)c1ccc(Cl)cc1. The average Bonchev–Trinajstić information content (AvgIpc) is 2.57. The molecule has 26 heavy (non-hydrogen) atoms. The minimum Gasteiger partial charge on any atom is -0.322 e. The zero-order valence-corrected chi connectivity index (χ0v) is 16.2. The Morgan fingerprint density at radius 1 is 1.12 bits per heavy atom. The van der Waals surface area contributed by atoms with E-state index in [0.29, 0.717) is 11.4 Å². The summed E-state index contributed by atoms with van der Waals surface area (Å²) in [6.45, 7) is 1.49. The lowest BCUT2D eigenvalue weighted by Gasteiger charge is -2.21. The van der Waals surface area contributed by atoms with Gasteiger partial charge in [0, 0.05) is 16.6 Å². The first-order valence-corrected chi connectivity index (χ1v) is 9.94. The van der Waals surface area contributed by atoms with Crippen LogP contribution < -0.4 is 5.32 Å². The molecule has 2 rings (SSSR count). The molecule has 5 nitrogen and oxygen atoms in total. The Labute approximate surface area is 161 Å². The minimum atomic E-state index is -3.89. The molecule has 9 heteroatoms. The molecule has 0 saturated heterocycles. The molecule has 0 aromatic heterocycles. The summed E-state index contributed by atoms with van der Waals surface area (Å²) in [5, 5.41) is 2.96. The molecular weight excluding hydrogens is 402 g/mol. The molecule has 1 N–H and O–H groups in total. The summed E-state index contributed by atoms with van der Waals surface area (Å²) in [5.41, 5.74) is -0.0697. The van der Waals surface area contributed by atoms with E-state index in [1.54, 1.807) is 6.92 Å². The second kappa shape index (κ2) is 8.81. The van der Waals surface area contributed by atoms with Crippen LogP contribution in [-0.4, -0.2) is 31.7 Å². The van der Waals surface area contributed by atoms with Gasteiger partial charge in [0.05, 0.1) is 17.1 Å². The van der Waals surface area contributed by atoms with E-state index in [-0.39, 0.29) is 22.2 Å². The quantitative estimate of drug-likeness (QED) is 0.733. The molecule has 2 aromatic rings. The van der Waals surface area contributed by atoms with Gasteiger partial charge in [-0.3, -0.25) is 4.79 Å². The number of halogens is 3. The Hall–Kier alpha value is -1.67. The average molecular weight is 419 g/mol. The van der Waals surface area contributed by atoms with E-state index in [2.05, 4.69) is 5.32 Å². The maximum absolute atomic E-state index is 13.8. The summed E-state index contributed by atoms with van der Waals surface area (Å²) >= 11 is 11.5. The van der Waals surface area contributed by atoms with Crippen LogP contribution in [0, 0.1) is 5.82 Å². The van der Waals surface area contributed by atoms with Crippen LogP contribution >= 0.6 is 23.2 Å². The van der Waals surface area contributed by atoms with Crippen LogP contribution in [-0.2, 0) is 14.8 Å². The highest BCUT2D eigenvalue weighted by atomic mass is 35.5. The summed E-state index contributed by atoms with van der Waals surface area (Å²) in [5.74, 6) is -1.36.